The van der Waals surface area contributed by atoms with Gasteiger partial charge in [0, 0.05) is 31.1 Å². The Kier molecular flexibility index (Phi) is 6.40. The number of fused-ring (bicyclic) bond motifs is 1. The number of para-hydroxylation sites is 1. The summed E-state index contributed by atoms with van der Waals surface area (Å²) < 4.78 is 12.6. The molecule has 0 aliphatic rings. The molecule has 0 aliphatic heterocycles. The number of benzene rings is 2. The summed E-state index contributed by atoms with van der Waals surface area (Å²) >= 11 is 0. The number of ether oxygens (including phenoxy) is 2. The molecule has 0 radical (unpaired) electrons. The molecule has 0 saturated heterocycles. The van der Waals surface area contributed by atoms with Gasteiger partial charge in [-0.1, -0.05) is 19.6 Å². The second-order valence-corrected chi connectivity index (χ2v) is 6.44. The summed E-state index contributed by atoms with van der Waals surface area (Å²) in [6.45, 7) is 0. The van der Waals surface area contributed by atoms with E-state index >= 15 is 0 Å². The fraction of sp³-hybridized carbons (Fsp3) is 0.174. The average Bonchev–Trinajstić information content (AvgIpc) is 3.27. The van der Waals surface area contributed by atoms with Crippen molar-refractivity contribution in [2.75, 3.05) is 26.6 Å². The molecule has 0 atom stereocenters. The third-order valence-corrected chi connectivity index (χ3v) is 4.71. The zero-order valence-electron chi connectivity index (χ0n) is 16.8. The van der Waals surface area contributed by atoms with Gasteiger partial charge in [0.15, 0.2) is 11.5 Å². The van der Waals surface area contributed by atoms with Gasteiger partial charge in [-0.2, -0.15) is 0 Å². The number of hydrogen-bond donors (Lipinski definition) is 2. The summed E-state index contributed by atoms with van der Waals surface area (Å²) in [6, 6.07) is 14.8. The zero-order valence-corrected chi connectivity index (χ0v) is 16.8. The molecule has 0 unspecified atom stereocenters. The molecule has 0 aliphatic carbocycles. The quantitative estimate of drug-likeness (QED) is 0.488. The minimum atomic E-state index is -0.184. The second-order valence-electron chi connectivity index (χ2n) is 6.44. The molecule has 2 N–H and O–H groups in total. The van der Waals surface area contributed by atoms with Crippen LogP contribution in [0.15, 0.2) is 60.9 Å². The van der Waals surface area contributed by atoms with E-state index in [0.29, 0.717) is 34.4 Å². The first-order valence-corrected chi connectivity index (χ1v) is 9.29. The topological polar surface area (TPSA) is 89.8 Å². The standard InChI is InChI=1S/C22H21N5O3.CH4/c1-23-21(28)15-6-4-5-7-16(15)25-22-26-17(13-20-24-10-11-27(20)22)14-8-9-18(29-2)19(12-14)30-3;/h4-13H,1-3H3,(H,23,28)(H,25,26);1H4. The van der Waals surface area contributed by atoms with Crippen molar-refractivity contribution in [2.45, 2.75) is 7.43 Å². The Morgan fingerprint density at radius 1 is 1.03 bits per heavy atom. The zero-order chi connectivity index (χ0) is 21.1. The largest absolute Gasteiger partial charge is 0.493 e. The summed E-state index contributed by atoms with van der Waals surface area (Å²) in [5.41, 5.74) is 3.43. The summed E-state index contributed by atoms with van der Waals surface area (Å²) in [5.74, 6) is 1.60. The lowest BCUT2D eigenvalue weighted by Crippen LogP contribution is -2.19. The number of imidazole rings is 1. The Bertz CT molecular complexity index is 1220. The van der Waals surface area contributed by atoms with Gasteiger partial charge in [0.2, 0.25) is 5.95 Å². The Morgan fingerprint density at radius 3 is 2.55 bits per heavy atom. The molecular weight excluding hydrogens is 394 g/mol. The van der Waals surface area contributed by atoms with Gasteiger partial charge >= 0.3 is 0 Å². The summed E-state index contributed by atoms with van der Waals surface area (Å²) in [4.78, 5) is 21.4. The molecule has 0 bridgehead atoms. The molecule has 160 valence electrons. The fourth-order valence-corrected chi connectivity index (χ4v) is 3.20. The molecule has 2 aromatic heterocycles. The number of aromatic nitrogens is 3. The first-order valence-electron chi connectivity index (χ1n) is 9.29. The van der Waals surface area contributed by atoms with E-state index in [1.165, 1.54) is 0 Å². The lowest BCUT2D eigenvalue weighted by Gasteiger charge is -2.14. The number of nitrogens with zero attached hydrogens (tertiary/aromatic N) is 3. The number of amides is 1. The maximum atomic E-state index is 12.2. The lowest BCUT2D eigenvalue weighted by atomic mass is 10.1. The van der Waals surface area contributed by atoms with Gasteiger partial charge in [-0.15, -0.1) is 0 Å². The summed E-state index contributed by atoms with van der Waals surface area (Å²) in [6.07, 6.45) is 3.51. The van der Waals surface area contributed by atoms with E-state index in [2.05, 4.69) is 15.6 Å². The van der Waals surface area contributed by atoms with Crippen LogP contribution in [0.1, 0.15) is 17.8 Å². The number of carbonyl (C=O) groups excluding carboxylic acids is 1. The van der Waals surface area contributed by atoms with Crippen molar-refractivity contribution in [3.63, 3.8) is 0 Å². The maximum absolute atomic E-state index is 12.2. The highest BCUT2D eigenvalue weighted by Crippen LogP contribution is 2.33. The van der Waals surface area contributed by atoms with E-state index in [1.54, 1.807) is 33.5 Å². The third kappa shape index (κ3) is 4.13. The lowest BCUT2D eigenvalue weighted by molar-refractivity contribution is 0.0964. The van der Waals surface area contributed by atoms with Crippen molar-refractivity contribution in [3.05, 3.63) is 66.5 Å². The van der Waals surface area contributed by atoms with Crippen molar-refractivity contribution in [2.24, 2.45) is 0 Å². The minimum Gasteiger partial charge on any atom is -0.493 e. The van der Waals surface area contributed by atoms with E-state index < -0.39 is 0 Å². The highest BCUT2D eigenvalue weighted by molar-refractivity contribution is 6.00. The van der Waals surface area contributed by atoms with E-state index in [1.807, 2.05) is 53.1 Å². The Morgan fingerprint density at radius 2 is 1.81 bits per heavy atom. The third-order valence-electron chi connectivity index (χ3n) is 4.71. The molecule has 2 heterocycles. The van der Waals surface area contributed by atoms with Crippen molar-refractivity contribution in [1.29, 1.82) is 0 Å². The summed E-state index contributed by atoms with van der Waals surface area (Å²) in [7, 11) is 4.79. The van der Waals surface area contributed by atoms with Gasteiger partial charge in [-0.25, -0.2) is 9.97 Å². The van der Waals surface area contributed by atoms with E-state index in [0.717, 1.165) is 11.2 Å². The number of rotatable bonds is 6. The number of nitrogens with one attached hydrogen (secondary N) is 2. The number of methoxy groups -OCH3 is 2. The van der Waals surface area contributed by atoms with Crippen LogP contribution in [0, 0.1) is 0 Å². The highest BCUT2D eigenvalue weighted by atomic mass is 16.5. The fourth-order valence-electron chi connectivity index (χ4n) is 3.20. The molecular formula is C23H25N5O3. The molecule has 1 amide bonds. The highest BCUT2D eigenvalue weighted by Gasteiger charge is 2.14. The normalized spacial score (nSPS) is 10.3. The van der Waals surface area contributed by atoms with Gasteiger partial charge in [-0.05, 0) is 30.3 Å². The van der Waals surface area contributed by atoms with E-state index in [-0.39, 0.29) is 13.3 Å². The van der Waals surface area contributed by atoms with Crippen LogP contribution in [-0.2, 0) is 0 Å². The molecule has 4 rings (SSSR count). The second kappa shape index (κ2) is 9.17. The Hall–Kier alpha value is -4.07. The van der Waals surface area contributed by atoms with Crippen molar-refractivity contribution in [1.82, 2.24) is 19.7 Å². The molecule has 31 heavy (non-hydrogen) atoms. The van der Waals surface area contributed by atoms with Gasteiger partial charge in [0.25, 0.3) is 5.91 Å². The van der Waals surface area contributed by atoms with Crippen LogP contribution < -0.4 is 20.1 Å². The first-order chi connectivity index (χ1) is 14.6. The van der Waals surface area contributed by atoms with Gasteiger partial charge in [0.05, 0.1) is 31.2 Å². The van der Waals surface area contributed by atoms with Crippen molar-refractivity contribution >= 4 is 23.2 Å². The van der Waals surface area contributed by atoms with E-state index in [4.69, 9.17) is 14.5 Å². The monoisotopic (exact) mass is 419 g/mol. The number of anilines is 2. The van der Waals surface area contributed by atoms with Gasteiger partial charge < -0.3 is 20.1 Å². The number of carbonyl (C=O) groups is 1. The Labute approximate surface area is 180 Å². The van der Waals surface area contributed by atoms with Crippen LogP contribution in [0.4, 0.5) is 11.6 Å². The molecule has 0 fully saturated rings. The maximum Gasteiger partial charge on any atom is 0.253 e. The van der Waals surface area contributed by atoms with Crippen LogP contribution in [0.3, 0.4) is 0 Å². The predicted octanol–water partition coefficient (Wildman–Crippen LogP) is 4.15. The predicted molar refractivity (Wildman–Crippen MR) is 121 cm³/mol. The van der Waals surface area contributed by atoms with Crippen LogP contribution in [-0.4, -0.2) is 41.5 Å². The van der Waals surface area contributed by atoms with Gasteiger partial charge in [-0.3, -0.25) is 9.20 Å². The van der Waals surface area contributed by atoms with E-state index in [9.17, 15) is 4.79 Å². The van der Waals surface area contributed by atoms with Crippen LogP contribution in [0.25, 0.3) is 16.9 Å². The SMILES string of the molecule is C.CNC(=O)c1ccccc1Nc1nc(-c2ccc(OC)c(OC)c2)cc2nccn12. The number of hydrogen-bond acceptors (Lipinski definition) is 6. The molecule has 8 nitrogen and oxygen atoms in total. The molecule has 2 aromatic carbocycles. The molecule has 8 heteroatoms. The summed E-state index contributed by atoms with van der Waals surface area (Å²) in [5, 5.41) is 5.93. The Balaban J connectivity index is 0.00000272. The molecule has 0 spiro atoms. The first kappa shape index (κ1) is 21.6. The minimum absolute atomic E-state index is 0. The smallest absolute Gasteiger partial charge is 0.253 e. The molecule has 4 aromatic rings. The van der Waals surface area contributed by atoms with Crippen molar-refractivity contribution < 1.29 is 14.3 Å². The van der Waals surface area contributed by atoms with Crippen LogP contribution in [0.5, 0.6) is 11.5 Å². The van der Waals surface area contributed by atoms with Gasteiger partial charge in [0.1, 0.15) is 5.65 Å². The van der Waals surface area contributed by atoms with Crippen LogP contribution in [0.2, 0.25) is 0 Å². The van der Waals surface area contributed by atoms with Crippen LogP contribution >= 0.6 is 0 Å². The molecule has 0 saturated carbocycles. The average molecular weight is 419 g/mol. The van der Waals surface area contributed by atoms with Crippen molar-refractivity contribution in [3.8, 4) is 22.8 Å².